The van der Waals surface area contributed by atoms with Crippen molar-refractivity contribution in [2.45, 2.75) is 39.8 Å². The molecule has 0 fully saturated rings. The lowest BCUT2D eigenvalue weighted by Gasteiger charge is -2.21. The monoisotopic (exact) mass is 313 g/mol. The van der Waals surface area contributed by atoms with Gasteiger partial charge in [-0.1, -0.05) is 29.8 Å². The number of hydrogen-bond acceptors (Lipinski definition) is 2. The van der Waals surface area contributed by atoms with Crippen LogP contribution in [0.4, 0.5) is 0 Å². The Kier molecular flexibility index (Phi) is 5.66. The van der Waals surface area contributed by atoms with Crippen LogP contribution >= 0.6 is 15.9 Å². The van der Waals surface area contributed by atoms with Crippen LogP contribution in [0.2, 0.25) is 0 Å². The second-order valence-corrected chi connectivity index (χ2v) is 5.67. The van der Waals surface area contributed by atoms with Gasteiger partial charge in [-0.3, -0.25) is 4.79 Å². The Bertz CT molecular complexity index is 389. The van der Waals surface area contributed by atoms with Gasteiger partial charge in [0.15, 0.2) is 6.10 Å². The highest BCUT2D eigenvalue weighted by Crippen LogP contribution is 2.17. The third-order valence-electron chi connectivity index (χ3n) is 2.87. The second kappa shape index (κ2) is 6.78. The predicted octanol–water partition coefficient (Wildman–Crippen LogP) is 3.38. The first kappa shape index (κ1) is 15.0. The molecule has 0 saturated heterocycles. The zero-order chi connectivity index (χ0) is 13.7. The van der Waals surface area contributed by atoms with E-state index in [9.17, 15) is 4.79 Å². The predicted molar refractivity (Wildman–Crippen MR) is 76.7 cm³/mol. The third kappa shape index (κ3) is 4.69. The Morgan fingerprint density at radius 3 is 2.22 bits per heavy atom. The van der Waals surface area contributed by atoms with E-state index in [1.54, 1.807) is 6.92 Å². The fourth-order valence-corrected chi connectivity index (χ4v) is 1.54. The van der Waals surface area contributed by atoms with Gasteiger partial charge in [-0.15, -0.1) is 0 Å². The fraction of sp³-hybridized carbons (Fsp3) is 0.500. The molecule has 0 radical (unpaired) electrons. The van der Waals surface area contributed by atoms with Gasteiger partial charge in [0.1, 0.15) is 5.75 Å². The van der Waals surface area contributed by atoms with Crippen LogP contribution in [0.25, 0.3) is 0 Å². The Morgan fingerprint density at radius 2 is 1.72 bits per heavy atom. The average molecular weight is 314 g/mol. The van der Waals surface area contributed by atoms with E-state index in [1.165, 1.54) is 0 Å². The van der Waals surface area contributed by atoms with E-state index in [-0.39, 0.29) is 11.9 Å². The summed E-state index contributed by atoms with van der Waals surface area (Å²) in [7, 11) is 0. The van der Waals surface area contributed by atoms with Crippen LogP contribution in [0.5, 0.6) is 5.75 Å². The highest BCUT2D eigenvalue weighted by molar-refractivity contribution is 9.10. The van der Waals surface area contributed by atoms with Crippen molar-refractivity contribution >= 4 is 21.8 Å². The molecule has 0 unspecified atom stereocenters. The molecule has 1 amide bonds. The van der Waals surface area contributed by atoms with Crippen molar-refractivity contribution in [3.63, 3.8) is 0 Å². The molecule has 1 rings (SSSR count). The standard InChI is InChI=1S/C14H20BrNO2/c1-9(2)10(3)16-14(17)11(4)18-13-7-5-12(15)6-8-13/h5-11H,1-4H3,(H,16,17)/t10-,11-/m1/s1. The molecule has 1 aromatic carbocycles. The summed E-state index contributed by atoms with van der Waals surface area (Å²) < 4.78 is 6.57. The van der Waals surface area contributed by atoms with E-state index in [4.69, 9.17) is 4.74 Å². The summed E-state index contributed by atoms with van der Waals surface area (Å²) in [5, 5.41) is 2.94. The van der Waals surface area contributed by atoms with Crippen LogP contribution in [-0.4, -0.2) is 18.1 Å². The topological polar surface area (TPSA) is 38.3 Å². The van der Waals surface area contributed by atoms with Gasteiger partial charge in [0.25, 0.3) is 5.91 Å². The van der Waals surface area contributed by atoms with E-state index in [2.05, 4.69) is 35.1 Å². The van der Waals surface area contributed by atoms with Gasteiger partial charge in [-0.2, -0.15) is 0 Å². The Hall–Kier alpha value is -1.03. The normalized spacial score (nSPS) is 14.1. The van der Waals surface area contributed by atoms with Crippen molar-refractivity contribution in [2.24, 2.45) is 5.92 Å². The summed E-state index contributed by atoms with van der Waals surface area (Å²) in [6, 6.07) is 7.58. The maximum Gasteiger partial charge on any atom is 0.260 e. The lowest BCUT2D eigenvalue weighted by Crippen LogP contribution is -2.43. The number of amides is 1. The summed E-state index contributed by atoms with van der Waals surface area (Å²) in [4.78, 5) is 11.9. The van der Waals surface area contributed by atoms with Crippen LogP contribution < -0.4 is 10.1 Å². The van der Waals surface area contributed by atoms with Gasteiger partial charge in [0.2, 0.25) is 0 Å². The molecule has 1 N–H and O–H groups in total. The fourth-order valence-electron chi connectivity index (χ4n) is 1.28. The average Bonchev–Trinajstić information content (AvgIpc) is 2.31. The number of rotatable bonds is 5. The number of carbonyl (C=O) groups is 1. The van der Waals surface area contributed by atoms with E-state index in [0.29, 0.717) is 11.7 Å². The van der Waals surface area contributed by atoms with E-state index in [0.717, 1.165) is 4.47 Å². The summed E-state index contributed by atoms with van der Waals surface area (Å²) in [6.45, 7) is 7.90. The van der Waals surface area contributed by atoms with Crippen LogP contribution in [0.1, 0.15) is 27.7 Å². The van der Waals surface area contributed by atoms with Crippen molar-refractivity contribution in [1.82, 2.24) is 5.32 Å². The highest BCUT2D eigenvalue weighted by atomic mass is 79.9. The third-order valence-corrected chi connectivity index (χ3v) is 3.39. The molecule has 0 aliphatic carbocycles. The van der Waals surface area contributed by atoms with Gasteiger partial charge in [-0.25, -0.2) is 0 Å². The molecule has 0 aliphatic heterocycles. The van der Waals surface area contributed by atoms with Gasteiger partial charge in [-0.05, 0) is 44.0 Å². The van der Waals surface area contributed by atoms with Gasteiger partial charge in [0, 0.05) is 10.5 Å². The van der Waals surface area contributed by atoms with Gasteiger partial charge in [0.05, 0.1) is 0 Å². The SMILES string of the molecule is CC(C)[C@@H](C)NC(=O)[C@@H](C)Oc1ccc(Br)cc1. The van der Waals surface area contributed by atoms with Crippen molar-refractivity contribution < 1.29 is 9.53 Å². The lowest BCUT2D eigenvalue weighted by molar-refractivity contribution is -0.128. The van der Waals surface area contributed by atoms with Crippen molar-refractivity contribution in [2.75, 3.05) is 0 Å². The molecule has 3 nitrogen and oxygen atoms in total. The first-order valence-electron chi connectivity index (χ1n) is 6.12. The zero-order valence-corrected chi connectivity index (χ0v) is 12.8. The minimum Gasteiger partial charge on any atom is -0.481 e. The molecular formula is C14H20BrNO2. The van der Waals surface area contributed by atoms with E-state index in [1.807, 2.05) is 31.2 Å². The highest BCUT2D eigenvalue weighted by Gasteiger charge is 2.18. The number of carbonyl (C=O) groups excluding carboxylic acids is 1. The molecule has 18 heavy (non-hydrogen) atoms. The largest absolute Gasteiger partial charge is 0.481 e. The number of ether oxygens (including phenoxy) is 1. The van der Waals surface area contributed by atoms with Gasteiger partial charge < -0.3 is 10.1 Å². The Morgan fingerprint density at radius 1 is 1.17 bits per heavy atom. The maximum atomic E-state index is 11.9. The Labute approximate surface area is 117 Å². The van der Waals surface area contributed by atoms with Crippen molar-refractivity contribution in [3.8, 4) is 5.75 Å². The summed E-state index contributed by atoms with van der Waals surface area (Å²) in [6.07, 6.45) is -0.493. The minimum absolute atomic E-state index is 0.0841. The number of nitrogens with one attached hydrogen (secondary N) is 1. The van der Waals surface area contributed by atoms with Crippen LogP contribution in [0.15, 0.2) is 28.7 Å². The van der Waals surface area contributed by atoms with E-state index < -0.39 is 6.10 Å². The number of hydrogen-bond donors (Lipinski definition) is 1. The molecule has 0 saturated carbocycles. The molecule has 0 bridgehead atoms. The molecular weight excluding hydrogens is 294 g/mol. The smallest absolute Gasteiger partial charge is 0.260 e. The molecule has 100 valence electrons. The summed E-state index contributed by atoms with van der Waals surface area (Å²) in [5.74, 6) is 1.02. The molecule has 2 atom stereocenters. The first-order valence-corrected chi connectivity index (χ1v) is 6.92. The van der Waals surface area contributed by atoms with E-state index >= 15 is 0 Å². The Balaban J connectivity index is 2.52. The van der Waals surface area contributed by atoms with Crippen LogP contribution in [0.3, 0.4) is 0 Å². The molecule has 0 heterocycles. The summed E-state index contributed by atoms with van der Waals surface area (Å²) in [5.41, 5.74) is 0. The molecule has 1 aromatic rings. The number of benzene rings is 1. The maximum absolute atomic E-state index is 11.9. The minimum atomic E-state index is -0.493. The van der Waals surface area contributed by atoms with Crippen molar-refractivity contribution in [3.05, 3.63) is 28.7 Å². The molecule has 0 aliphatic rings. The quantitative estimate of drug-likeness (QED) is 0.905. The molecule has 0 aromatic heterocycles. The lowest BCUT2D eigenvalue weighted by atomic mass is 10.1. The summed E-state index contributed by atoms with van der Waals surface area (Å²) >= 11 is 3.35. The van der Waals surface area contributed by atoms with Crippen molar-refractivity contribution in [1.29, 1.82) is 0 Å². The first-order chi connectivity index (χ1) is 8.40. The van der Waals surface area contributed by atoms with Gasteiger partial charge >= 0.3 is 0 Å². The molecule has 0 spiro atoms. The van der Waals surface area contributed by atoms with Crippen LogP contribution in [-0.2, 0) is 4.79 Å². The second-order valence-electron chi connectivity index (χ2n) is 4.76. The zero-order valence-electron chi connectivity index (χ0n) is 11.2. The number of halogens is 1. The van der Waals surface area contributed by atoms with Crippen LogP contribution in [0, 0.1) is 5.92 Å². The molecule has 4 heteroatoms.